The molecule has 0 atom stereocenters. The predicted molar refractivity (Wildman–Crippen MR) is 41.1 cm³/mol. The minimum absolute atomic E-state index is 0.782. The molecule has 0 radical (unpaired) electrons. The molecule has 0 N–H and O–H groups in total. The number of hydrogen-bond donors (Lipinski definition) is 0. The third-order valence-corrected chi connectivity index (χ3v) is 4.10. The van der Waals surface area contributed by atoms with Crippen molar-refractivity contribution >= 4 is 17.6 Å². The van der Waals surface area contributed by atoms with Gasteiger partial charge >= 0.3 is 7.82 Å². The molecule has 4 nitrogen and oxygen atoms in total. The van der Waals surface area contributed by atoms with E-state index in [0.717, 1.165) is 5.20 Å². The Hall–Kier alpha value is -0.0731. The van der Waals surface area contributed by atoms with E-state index in [2.05, 4.69) is 13.7 Å². The standard InChI is InChI=1S/C4H9F2O4PSi/c1-3-4(2)12-10-11(7,8-5)9-6/h3H,12H2,1-2H3. The fourth-order valence-electron chi connectivity index (χ4n) is 0.315. The van der Waals surface area contributed by atoms with E-state index in [0.29, 0.717) is 0 Å². The van der Waals surface area contributed by atoms with E-state index >= 15 is 0 Å². The maximum Gasteiger partial charge on any atom is 0.527 e. The summed E-state index contributed by atoms with van der Waals surface area (Å²) in [6.45, 7) is 3.41. The average Bonchev–Trinajstić information content (AvgIpc) is 2.13. The van der Waals surface area contributed by atoms with Crippen molar-refractivity contribution in [3.8, 4) is 0 Å². The first-order valence-corrected chi connectivity index (χ1v) is 5.79. The highest BCUT2D eigenvalue weighted by molar-refractivity contribution is 7.49. The second kappa shape index (κ2) is 5.55. The van der Waals surface area contributed by atoms with E-state index in [1.165, 1.54) is 0 Å². The van der Waals surface area contributed by atoms with Crippen LogP contribution in [-0.2, 0) is 18.2 Å². The van der Waals surface area contributed by atoms with Gasteiger partial charge in [-0.25, -0.2) is 4.57 Å². The van der Waals surface area contributed by atoms with Crippen LogP contribution in [0.5, 0.6) is 0 Å². The molecule has 0 aliphatic carbocycles. The molecule has 0 saturated heterocycles. The lowest BCUT2D eigenvalue weighted by molar-refractivity contribution is -0.107. The molecule has 0 aliphatic rings. The van der Waals surface area contributed by atoms with E-state index in [-0.39, 0.29) is 0 Å². The summed E-state index contributed by atoms with van der Waals surface area (Å²) in [4.78, 5) is 0. The number of halogens is 2. The van der Waals surface area contributed by atoms with Crippen molar-refractivity contribution in [3.05, 3.63) is 11.3 Å². The Kier molecular flexibility index (Phi) is 5.52. The lowest BCUT2D eigenvalue weighted by atomic mass is 10.6. The zero-order valence-corrected chi connectivity index (χ0v) is 8.93. The molecule has 0 amide bonds. The highest BCUT2D eigenvalue weighted by Gasteiger charge is 2.28. The molecule has 0 heterocycles. The van der Waals surface area contributed by atoms with Crippen LogP contribution in [0.4, 0.5) is 9.05 Å². The minimum Gasteiger partial charge on any atom is -0.329 e. The summed E-state index contributed by atoms with van der Waals surface area (Å²) in [5.74, 6) is 0. The Morgan fingerprint density at radius 1 is 1.50 bits per heavy atom. The highest BCUT2D eigenvalue weighted by Crippen LogP contribution is 2.49. The molecule has 8 heteroatoms. The molecule has 0 unspecified atom stereocenters. The molecular weight excluding hydrogens is 209 g/mol. The average molecular weight is 218 g/mol. The first kappa shape index (κ1) is 11.9. The van der Waals surface area contributed by atoms with Crippen LogP contribution in [0.3, 0.4) is 0 Å². The van der Waals surface area contributed by atoms with Crippen LogP contribution in [0.25, 0.3) is 0 Å². The van der Waals surface area contributed by atoms with Gasteiger partial charge in [-0.3, -0.25) is 0 Å². The van der Waals surface area contributed by atoms with Crippen LogP contribution in [0, 0.1) is 0 Å². The molecule has 0 saturated carbocycles. The fraction of sp³-hybridized carbons (Fsp3) is 0.500. The second-order valence-electron chi connectivity index (χ2n) is 1.99. The molecule has 0 bridgehead atoms. The van der Waals surface area contributed by atoms with Gasteiger partial charge in [-0.2, -0.15) is 0 Å². The van der Waals surface area contributed by atoms with Gasteiger partial charge in [0.1, 0.15) is 0 Å². The van der Waals surface area contributed by atoms with E-state index in [1.54, 1.807) is 19.9 Å². The van der Waals surface area contributed by atoms with E-state index in [1.807, 2.05) is 0 Å². The fourth-order valence-corrected chi connectivity index (χ4v) is 2.27. The second-order valence-corrected chi connectivity index (χ2v) is 5.60. The summed E-state index contributed by atoms with van der Waals surface area (Å²) >= 11 is 0. The van der Waals surface area contributed by atoms with Crippen LogP contribution in [0.2, 0.25) is 0 Å². The first-order valence-electron chi connectivity index (χ1n) is 3.05. The third kappa shape index (κ3) is 4.08. The van der Waals surface area contributed by atoms with Crippen LogP contribution in [0.1, 0.15) is 13.8 Å². The quantitative estimate of drug-likeness (QED) is 0.522. The molecule has 0 rings (SSSR count). The zero-order chi connectivity index (χ0) is 9.61. The normalized spacial score (nSPS) is 14.5. The van der Waals surface area contributed by atoms with Gasteiger partial charge in [-0.05, 0) is 22.9 Å². The van der Waals surface area contributed by atoms with Crippen molar-refractivity contribution in [2.45, 2.75) is 13.8 Å². The molecule has 0 aromatic heterocycles. The smallest absolute Gasteiger partial charge is 0.329 e. The Bertz CT molecular complexity index is 201. The molecule has 0 aromatic rings. The van der Waals surface area contributed by atoms with Gasteiger partial charge in [0.05, 0.1) is 0 Å². The summed E-state index contributed by atoms with van der Waals surface area (Å²) in [7, 11) is -5.98. The summed E-state index contributed by atoms with van der Waals surface area (Å²) in [5, 5.41) is 0.782. The zero-order valence-electron chi connectivity index (χ0n) is 6.62. The predicted octanol–water partition coefficient (Wildman–Crippen LogP) is 1.92. The Balaban J connectivity index is 3.98. The first-order chi connectivity index (χ1) is 5.58. The van der Waals surface area contributed by atoms with Gasteiger partial charge in [0.15, 0.2) is 0 Å². The minimum atomic E-state index is -4.56. The van der Waals surface area contributed by atoms with Gasteiger partial charge in [0.25, 0.3) is 0 Å². The van der Waals surface area contributed by atoms with Gasteiger partial charge in [0.2, 0.25) is 9.76 Å². The lowest BCUT2D eigenvalue weighted by Gasteiger charge is -2.06. The highest BCUT2D eigenvalue weighted by atomic mass is 31.2. The van der Waals surface area contributed by atoms with Crippen molar-refractivity contribution in [3.63, 3.8) is 0 Å². The van der Waals surface area contributed by atoms with Crippen molar-refractivity contribution in [2.75, 3.05) is 0 Å². The van der Waals surface area contributed by atoms with E-state index < -0.39 is 17.6 Å². The topological polar surface area (TPSA) is 44.8 Å². The van der Waals surface area contributed by atoms with E-state index in [9.17, 15) is 13.6 Å². The van der Waals surface area contributed by atoms with Crippen molar-refractivity contribution in [2.24, 2.45) is 0 Å². The van der Waals surface area contributed by atoms with Crippen LogP contribution in [-0.4, -0.2) is 9.76 Å². The molecular formula is C4H9F2O4PSi. The number of phosphoric acid groups is 1. The number of hydrogen-bond acceptors (Lipinski definition) is 4. The third-order valence-electron chi connectivity index (χ3n) is 1.11. The molecule has 0 spiro atoms. The molecule has 0 fully saturated rings. The maximum atomic E-state index is 11.3. The Labute approximate surface area is 70.9 Å². The van der Waals surface area contributed by atoms with Crippen LogP contribution in [0.15, 0.2) is 11.3 Å². The Morgan fingerprint density at radius 2 is 2.00 bits per heavy atom. The van der Waals surface area contributed by atoms with Gasteiger partial charge in [-0.1, -0.05) is 20.7 Å². The van der Waals surface area contributed by atoms with Gasteiger partial charge in [-0.15, -0.1) is 0 Å². The maximum absolute atomic E-state index is 11.3. The molecule has 72 valence electrons. The lowest BCUT2D eigenvalue weighted by Crippen LogP contribution is -1.99. The van der Waals surface area contributed by atoms with Gasteiger partial charge < -0.3 is 4.21 Å². The van der Waals surface area contributed by atoms with Crippen molar-refractivity contribution < 1.29 is 27.3 Å². The summed E-state index contributed by atoms with van der Waals surface area (Å²) < 4.78 is 43.0. The summed E-state index contributed by atoms with van der Waals surface area (Å²) in [5.41, 5.74) is 0. The molecule has 12 heavy (non-hydrogen) atoms. The number of allylic oxidation sites excluding steroid dienone is 2. The van der Waals surface area contributed by atoms with Gasteiger partial charge in [0, 0.05) is 0 Å². The van der Waals surface area contributed by atoms with Crippen molar-refractivity contribution in [1.82, 2.24) is 0 Å². The monoisotopic (exact) mass is 218 g/mol. The largest absolute Gasteiger partial charge is 0.527 e. The summed E-state index contributed by atoms with van der Waals surface area (Å²) in [6, 6.07) is 0. The van der Waals surface area contributed by atoms with E-state index in [4.69, 9.17) is 0 Å². The Morgan fingerprint density at radius 3 is 2.33 bits per heavy atom. The summed E-state index contributed by atoms with van der Waals surface area (Å²) in [6.07, 6.45) is 1.69. The number of rotatable bonds is 5. The molecule has 0 aromatic carbocycles. The van der Waals surface area contributed by atoms with Crippen LogP contribution >= 0.6 is 7.82 Å². The van der Waals surface area contributed by atoms with Crippen LogP contribution < -0.4 is 0 Å². The van der Waals surface area contributed by atoms with Crippen molar-refractivity contribution in [1.29, 1.82) is 0 Å². The SMILES string of the molecule is CC=C(C)[SiH2]OP(=O)(OF)OF. The molecule has 0 aliphatic heterocycles.